The Bertz CT molecular complexity index is 678. The molecular formula is C16H21N3O3. The average molecular weight is 303 g/mol. The summed E-state index contributed by atoms with van der Waals surface area (Å²) in [5.74, 6) is -1.24. The van der Waals surface area contributed by atoms with Gasteiger partial charge in [-0.2, -0.15) is 0 Å². The second kappa shape index (κ2) is 7.09. The molecule has 1 unspecified atom stereocenters. The maximum absolute atomic E-state index is 11.8. The van der Waals surface area contributed by atoms with E-state index in [1.165, 1.54) is 0 Å². The molecule has 22 heavy (non-hydrogen) atoms. The highest BCUT2D eigenvalue weighted by molar-refractivity contribution is 6.39. The van der Waals surface area contributed by atoms with Gasteiger partial charge in [-0.3, -0.25) is 9.59 Å². The Kier molecular flexibility index (Phi) is 5.16. The van der Waals surface area contributed by atoms with E-state index in [9.17, 15) is 9.59 Å². The number of nitrogens with one attached hydrogen (secondary N) is 3. The van der Waals surface area contributed by atoms with Crippen molar-refractivity contribution in [2.45, 2.75) is 20.3 Å². The van der Waals surface area contributed by atoms with Crippen LogP contribution >= 0.6 is 0 Å². The van der Waals surface area contributed by atoms with Crippen molar-refractivity contribution in [2.75, 3.05) is 18.5 Å². The monoisotopic (exact) mass is 303 g/mol. The van der Waals surface area contributed by atoms with E-state index in [2.05, 4.69) is 15.6 Å². The van der Waals surface area contributed by atoms with Crippen LogP contribution < -0.4 is 10.6 Å². The minimum absolute atomic E-state index is 0.0688. The van der Waals surface area contributed by atoms with E-state index in [1.807, 2.05) is 32.0 Å². The minimum atomic E-state index is -0.692. The van der Waals surface area contributed by atoms with Crippen LogP contribution in [0.4, 0.5) is 5.69 Å². The van der Waals surface area contributed by atoms with E-state index in [0.29, 0.717) is 18.7 Å². The number of aromatic nitrogens is 1. The summed E-state index contributed by atoms with van der Waals surface area (Å²) < 4.78 is 0. The minimum Gasteiger partial charge on any atom is -0.396 e. The number of aliphatic hydroxyl groups excluding tert-OH is 1. The van der Waals surface area contributed by atoms with Crippen molar-refractivity contribution in [1.82, 2.24) is 10.3 Å². The fourth-order valence-electron chi connectivity index (χ4n) is 2.21. The maximum atomic E-state index is 11.8. The first-order valence-electron chi connectivity index (χ1n) is 7.29. The average Bonchev–Trinajstić information content (AvgIpc) is 2.84. The first-order valence-corrected chi connectivity index (χ1v) is 7.29. The third-order valence-electron chi connectivity index (χ3n) is 3.45. The normalized spacial score (nSPS) is 12.1. The van der Waals surface area contributed by atoms with Crippen molar-refractivity contribution in [2.24, 2.45) is 5.92 Å². The Morgan fingerprint density at radius 3 is 2.77 bits per heavy atom. The molecule has 0 aliphatic rings. The van der Waals surface area contributed by atoms with Gasteiger partial charge in [-0.15, -0.1) is 0 Å². The number of hydrogen-bond donors (Lipinski definition) is 4. The zero-order valence-electron chi connectivity index (χ0n) is 12.8. The molecule has 0 radical (unpaired) electrons. The molecule has 0 saturated carbocycles. The molecule has 2 rings (SSSR count). The van der Waals surface area contributed by atoms with Gasteiger partial charge in [-0.05, 0) is 43.5 Å². The predicted molar refractivity (Wildman–Crippen MR) is 85.5 cm³/mol. The van der Waals surface area contributed by atoms with Gasteiger partial charge in [0.1, 0.15) is 0 Å². The largest absolute Gasteiger partial charge is 0.396 e. The molecule has 0 aliphatic carbocycles. The van der Waals surface area contributed by atoms with E-state index in [-0.39, 0.29) is 12.5 Å². The number of amides is 2. The van der Waals surface area contributed by atoms with Gasteiger partial charge in [0.15, 0.2) is 0 Å². The molecule has 118 valence electrons. The highest BCUT2D eigenvalue weighted by atomic mass is 16.3. The summed E-state index contributed by atoms with van der Waals surface area (Å²) in [7, 11) is 0. The van der Waals surface area contributed by atoms with Crippen molar-refractivity contribution in [3.05, 3.63) is 30.0 Å². The molecule has 6 heteroatoms. The van der Waals surface area contributed by atoms with Gasteiger partial charge < -0.3 is 20.7 Å². The van der Waals surface area contributed by atoms with Crippen LogP contribution in [0, 0.1) is 12.8 Å². The Hall–Kier alpha value is -2.34. The fourth-order valence-corrected chi connectivity index (χ4v) is 2.21. The third kappa shape index (κ3) is 4.08. The molecule has 0 bridgehead atoms. The number of carbonyl (C=O) groups excluding carboxylic acids is 2. The predicted octanol–water partition coefficient (Wildman–Crippen LogP) is 1.55. The highest BCUT2D eigenvalue weighted by Crippen LogP contribution is 2.19. The number of benzene rings is 1. The molecule has 6 nitrogen and oxygen atoms in total. The van der Waals surface area contributed by atoms with Gasteiger partial charge in [0, 0.05) is 35.4 Å². The molecule has 0 aliphatic heterocycles. The van der Waals surface area contributed by atoms with Crippen LogP contribution in [0.25, 0.3) is 10.9 Å². The van der Waals surface area contributed by atoms with Gasteiger partial charge in [-0.25, -0.2) is 0 Å². The number of fused-ring (bicyclic) bond motifs is 1. The van der Waals surface area contributed by atoms with Crippen LogP contribution in [0.1, 0.15) is 19.0 Å². The Labute approximate surface area is 128 Å². The van der Waals surface area contributed by atoms with E-state index in [4.69, 9.17) is 5.11 Å². The van der Waals surface area contributed by atoms with Crippen LogP contribution in [0.2, 0.25) is 0 Å². The van der Waals surface area contributed by atoms with Crippen molar-refractivity contribution in [3.8, 4) is 0 Å². The summed E-state index contributed by atoms with van der Waals surface area (Å²) in [6, 6.07) is 7.40. The van der Waals surface area contributed by atoms with Crippen molar-refractivity contribution < 1.29 is 14.7 Å². The number of aliphatic hydroxyl groups is 1. The number of hydrogen-bond acceptors (Lipinski definition) is 3. The summed E-state index contributed by atoms with van der Waals surface area (Å²) in [6.45, 7) is 4.29. The van der Waals surface area contributed by atoms with Crippen LogP contribution in [0.3, 0.4) is 0 Å². The van der Waals surface area contributed by atoms with Crippen molar-refractivity contribution >= 4 is 28.4 Å². The van der Waals surface area contributed by atoms with Gasteiger partial charge in [0.2, 0.25) is 0 Å². The second-order valence-corrected chi connectivity index (χ2v) is 5.54. The standard InChI is InChI=1S/C16H21N3O3/c1-10(5-6-20)9-17-15(21)16(22)19-13-3-4-14-12(8-13)7-11(2)18-14/h3-4,7-8,10,18,20H,5-6,9H2,1-2H3,(H,17,21)(H,19,22). The fraction of sp³-hybridized carbons (Fsp3) is 0.375. The third-order valence-corrected chi connectivity index (χ3v) is 3.45. The topological polar surface area (TPSA) is 94.2 Å². The Morgan fingerprint density at radius 2 is 2.05 bits per heavy atom. The van der Waals surface area contributed by atoms with E-state index >= 15 is 0 Å². The highest BCUT2D eigenvalue weighted by Gasteiger charge is 2.14. The lowest BCUT2D eigenvalue weighted by molar-refractivity contribution is -0.136. The smallest absolute Gasteiger partial charge is 0.313 e. The molecule has 4 N–H and O–H groups in total. The maximum Gasteiger partial charge on any atom is 0.313 e. The molecule has 0 spiro atoms. The summed E-state index contributed by atoms with van der Waals surface area (Å²) in [6.07, 6.45) is 0.589. The SMILES string of the molecule is Cc1cc2cc(NC(=O)C(=O)NCC(C)CCO)ccc2[nH]1. The zero-order chi connectivity index (χ0) is 16.1. The number of aromatic amines is 1. The summed E-state index contributed by atoms with van der Waals surface area (Å²) in [5.41, 5.74) is 2.60. The summed E-state index contributed by atoms with van der Waals surface area (Å²) in [4.78, 5) is 26.8. The van der Waals surface area contributed by atoms with Crippen molar-refractivity contribution in [3.63, 3.8) is 0 Å². The van der Waals surface area contributed by atoms with Crippen LogP contribution in [0.15, 0.2) is 24.3 Å². The number of aryl methyl sites for hydroxylation is 1. The van der Waals surface area contributed by atoms with Gasteiger partial charge in [0.05, 0.1) is 0 Å². The van der Waals surface area contributed by atoms with E-state index in [1.54, 1.807) is 6.07 Å². The first kappa shape index (κ1) is 16.0. The number of H-pyrrole nitrogens is 1. The van der Waals surface area contributed by atoms with Gasteiger partial charge >= 0.3 is 11.8 Å². The molecule has 1 aromatic heterocycles. The zero-order valence-corrected chi connectivity index (χ0v) is 12.8. The molecule has 0 fully saturated rings. The van der Waals surface area contributed by atoms with Crippen LogP contribution in [0.5, 0.6) is 0 Å². The molecule has 1 heterocycles. The number of rotatable bonds is 5. The second-order valence-electron chi connectivity index (χ2n) is 5.54. The summed E-state index contributed by atoms with van der Waals surface area (Å²) >= 11 is 0. The summed E-state index contributed by atoms with van der Waals surface area (Å²) in [5, 5.41) is 14.9. The molecule has 2 aromatic rings. The molecule has 0 saturated heterocycles. The number of carbonyl (C=O) groups is 2. The lowest BCUT2D eigenvalue weighted by Crippen LogP contribution is -2.37. The van der Waals surface area contributed by atoms with Crippen LogP contribution in [-0.4, -0.2) is 35.1 Å². The molecular weight excluding hydrogens is 282 g/mol. The van der Waals surface area contributed by atoms with E-state index in [0.717, 1.165) is 16.6 Å². The van der Waals surface area contributed by atoms with Crippen LogP contribution in [-0.2, 0) is 9.59 Å². The first-order chi connectivity index (χ1) is 10.5. The quantitative estimate of drug-likeness (QED) is 0.631. The van der Waals surface area contributed by atoms with Gasteiger partial charge in [0.25, 0.3) is 0 Å². The lowest BCUT2D eigenvalue weighted by Gasteiger charge is -2.11. The lowest BCUT2D eigenvalue weighted by atomic mass is 10.1. The Morgan fingerprint density at radius 1 is 1.27 bits per heavy atom. The molecule has 1 aromatic carbocycles. The van der Waals surface area contributed by atoms with Gasteiger partial charge in [-0.1, -0.05) is 6.92 Å². The molecule has 1 atom stereocenters. The Balaban J connectivity index is 1.93. The molecule has 2 amide bonds. The van der Waals surface area contributed by atoms with Crippen molar-refractivity contribution in [1.29, 1.82) is 0 Å². The number of anilines is 1. The van der Waals surface area contributed by atoms with E-state index < -0.39 is 11.8 Å².